The van der Waals surface area contributed by atoms with Gasteiger partial charge in [0.1, 0.15) is 11.6 Å². The summed E-state index contributed by atoms with van der Waals surface area (Å²) in [6, 6.07) is 13.3. The molecule has 3 aromatic carbocycles. The van der Waals surface area contributed by atoms with E-state index in [9.17, 15) is 22.0 Å². The summed E-state index contributed by atoms with van der Waals surface area (Å²) in [5.41, 5.74) is 3.10. The number of anilines is 1. The van der Waals surface area contributed by atoms with Crippen molar-refractivity contribution in [3.05, 3.63) is 93.4 Å². The number of amides is 1. The van der Waals surface area contributed by atoms with Gasteiger partial charge in [-0.1, -0.05) is 30.0 Å². The van der Waals surface area contributed by atoms with Crippen LogP contribution in [0.2, 0.25) is 0 Å². The summed E-state index contributed by atoms with van der Waals surface area (Å²) in [5, 5.41) is 2.69. The highest BCUT2D eigenvalue weighted by Crippen LogP contribution is 2.40. The molecular weight excluding hydrogens is 452 g/mol. The second-order valence-electron chi connectivity index (χ2n) is 7.52. The highest BCUT2D eigenvalue weighted by molar-refractivity contribution is 8.04. The number of carbonyl (C=O) groups excluding carboxylic acids is 1. The molecular formula is C24H19F2NO3S2. The van der Waals surface area contributed by atoms with E-state index in [0.29, 0.717) is 10.6 Å². The minimum absolute atomic E-state index is 0.0614. The zero-order valence-electron chi connectivity index (χ0n) is 17.3. The molecule has 1 N–H and O–H groups in total. The molecule has 4 rings (SSSR count). The lowest BCUT2D eigenvalue weighted by molar-refractivity contribution is -0.112. The van der Waals surface area contributed by atoms with Crippen LogP contribution in [0.3, 0.4) is 0 Å². The number of fused-ring (bicyclic) bond motifs is 1. The number of thioether (sulfide) groups is 1. The fourth-order valence-electron chi connectivity index (χ4n) is 3.44. The van der Waals surface area contributed by atoms with E-state index in [1.165, 1.54) is 24.3 Å². The molecule has 0 unspecified atom stereocenters. The number of hydrogen-bond acceptors (Lipinski definition) is 4. The van der Waals surface area contributed by atoms with E-state index in [2.05, 4.69) is 5.32 Å². The lowest BCUT2D eigenvalue weighted by Gasteiger charge is -2.20. The first-order chi connectivity index (χ1) is 15.1. The van der Waals surface area contributed by atoms with Gasteiger partial charge in [0.2, 0.25) is 0 Å². The third kappa shape index (κ3) is 4.47. The largest absolute Gasteiger partial charge is 0.320 e. The van der Waals surface area contributed by atoms with E-state index in [-0.39, 0.29) is 21.1 Å². The highest BCUT2D eigenvalue weighted by Gasteiger charge is 2.25. The standard InChI is InChI=1S/C24H19F2NO3S2/c1-14-4-3-5-15(2)19(14)13-32(29,30)18-8-9-21-22(12-18)31-23(24(28)27-21)10-16-6-7-17(25)11-20(16)26/h3-12H,13H2,1-2H3,(H,27,28)/b23-10-. The Balaban J connectivity index is 1.67. The zero-order valence-corrected chi connectivity index (χ0v) is 18.9. The van der Waals surface area contributed by atoms with Crippen LogP contribution in [-0.4, -0.2) is 14.3 Å². The van der Waals surface area contributed by atoms with E-state index < -0.39 is 27.4 Å². The molecule has 32 heavy (non-hydrogen) atoms. The maximum Gasteiger partial charge on any atom is 0.262 e. The van der Waals surface area contributed by atoms with Crippen LogP contribution in [0.5, 0.6) is 0 Å². The molecule has 164 valence electrons. The Bertz CT molecular complexity index is 1360. The molecule has 0 atom stereocenters. The summed E-state index contributed by atoms with van der Waals surface area (Å²) in [6.45, 7) is 3.75. The first-order valence-corrected chi connectivity index (χ1v) is 12.2. The van der Waals surface area contributed by atoms with E-state index in [1.54, 1.807) is 6.07 Å². The van der Waals surface area contributed by atoms with Crippen LogP contribution < -0.4 is 5.32 Å². The van der Waals surface area contributed by atoms with Crippen molar-refractivity contribution in [3.63, 3.8) is 0 Å². The molecule has 0 spiro atoms. The smallest absolute Gasteiger partial charge is 0.262 e. The van der Waals surface area contributed by atoms with Crippen LogP contribution >= 0.6 is 11.8 Å². The first-order valence-electron chi connectivity index (χ1n) is 9.72. The molecule has 1 amide bonds. The third-order valence-electron chi connectivity index (χ3n) is 5.23. The number of aryl methyl sites for hydroxylation is 2. The predicted octanol–water partition coefficient (Wildman–Crippen LogP) is 5.64. The van der Waals surface area contributed by atoms with Crippen molar-refractivity contribution < 1.29 is 22.0 Å². The Morgan fingerprint density at radius 2 is 1.72 bits per heavy atom. The Morgan fingerprint density at radius 1 is 1.00 bits per heavy atom. The summed E-state index contributed by atoms with van der Waals surface area (Å²) in [4.78, 5) is 13.3. The molecule has 0 aliphatic carbocycles. The maximum atomic E-state index is 14.0. The van der Waals surface area contributed by atoms with E-state index >= 15 is 0 Å². The van der Waals surface area contributed by atoms with Gasteiger partial charge in [0.05, 0.1) is 21.2 Å². The molecule has 1 aliphatic heterocycles. The van der Waals surface area contributed by atoms with Crippen molar-refractivity contribution in [2.45, 2.75) is 29.4 Å². The van der Waals surface area contributed by atoms with Gasteiger partial charge in [-0.15, -0.1) is 0 Å². The molecule has 0 aromatic heterocycles. The van der Waals surface area contributed by atoms with Crippen LogP contribution in [0.4, 0.5) is 14.5 Å². The monoisotopic (exact) mass is 471 g/mol. The van der Waals surface area contributed by atoms with Gasteiger partial charge in [-0.3, -0.25) is 4.79 Å². The van der Waals surface area contributed by atoms with E-state index in [0.717, 1.165) is 40.6 Å². The number of hydrogen-bond donors (Lipinski definition) is 1. The average molecular weight is 472 g/mol. The quantitative estimate of drug-likeness (QED) is 0.500. The van der Waals surface area contributed by atoms with Crippen LogP contribution in [0.25, 0.3) is 6.08 Å². The summed E-state index contributed by atoms with van der Waals surface area (Å²) >= 11 is 1.04. The normalized spacial score (nSPS) is 14.9. The van der Waals surface area contributed by atoms with Crippen LogP contribution in [0, 0.1) is 25.5 Å². The van der Waals surface area contributed by atoms with Gasteiger partial charge >= 0.3 is 0 Å². The number of nitrogens with one attached hydrogen (secondary N) is 1. The average Bonchev–Trinajstić information content (AvgIpc) is 2.73. The number of benzene rings is 3. The number of carbonyl (C=O) groups is 1. The number of sulfone groups is 1. The van der Waals surface area contributed by atoms with Gasteiger partial charge in [-0.05, 0) is 66.9 Å². The molecule has 4 nitrogen and oxygen atoms in total. The van der Waals surface area contributed by atoms with Crippen molar-refractivity contribution in [3.8, 4) is 0 Å². The van der Waals surface area contributed by atoms with E-state index in [4.69, 9.17) is 0 Å². The Kier molecular flexibility index (Phi) is 5.92. The molecule has 0 saturated carbocycles. The minimum Gasteiger partial charge on any atom is -0.320 e. The van der Waals surface area contributed by atoms with Gasteiger partial charge in [0.25, 0.3) is 5.91 Å². The first kappa shape index (κ1) is 22.2. The van der Waals surface area contributed by atoms with Crippen molar-refractivity contribution in [2.24, 2.45) is 0 Å². The summed E-state index contributed by atoms with van der Waals surface area (Å²) in [7, 11) is -3.64. The predicted molar refractivity (Wildman–Crippen MR) is 122 cm³/mol. The van der Waals surface area contributed by atoms with Crippen LogP contribution in [-0.2, 0) is 20.4 Å². The van der Waals surface area contributed by atoms with Crippen molar-refractivity contribution in [1.82, 2.24) is 0 Å². The SMILES string of the molecule is Cc1cccc(C)c1CS(=O)(=O)c1ccc2c(c1)S/C(=C\c1ccc(F)cc1F)C(=O)N2. The lowest BCUT2D eigenvalue weighted by Crippen LogP contribution is -2.18. The molecule has 0 radical (unpaired) electrons. The Morgan fingerprint density at radius 3 is 2.41 bits per heavy atom. The minimum atomic E-state index is -3.64. The van der Waals surface area contributed by atoms with Crippen molar-refractivity contribution in [1.29, 1.82) is 0 Å². The summed E-state index contributed by atoms with van der Waals surface area (Å²) < 4.78 is 53.4. The number of rotatable bonds is 4. The summed E-state index contributed by atoms with van der Waals surface area (Å²) in [5.74, 6) is -2.08. The fraction of sp³-hybridized carbons (Fsp3) is 0.125. The lowest BCUT2D eigenvalue weighted by atomic mass is 10.1. The van der Waals surface area contributed by atoms with Crippen LogP contribution in [0.15, 0.2) is 69.3 Å². The van der Waals surface area contributed by atoms with Crippen molar-refractivity contribution >= 4 is 39.3 Å². The molecule has 0 bridgehead atoms. The second kappa shape index (κ2) is 8.52. The van der Waals surface area contributed by atoms with Crippen molar-refractivity contribution in [2.75, 3.05) is 5.32 Å². The number of halogens is 2. The molecule has 8 heteroatoms. The molecule has 3 aromatic rings. The zero-order chi connectivity index (χ0) is 23.0. The van der Waals surface area contributed by atoms with Gasteiger partial charge < -0.3 is 5.32 Å². The van der Waals surface area contributed by atoms with Gasteiger partial charge in [0, 0.05) is 16.5 Å². The highest BCUT2D eigenvalue weighted by atomic mass is 32.2. The molecule has 1 aliphatic rings. The topological polar surface area (TPSA) is 63.2 Å². The molecule has 0 saturated heterocycles. The third-order valence-corrected chi connectivity index (χ3v) is 7.95. The maximum absolute atomic E-state index is 14.0. The second-order valence-corrected chi connectivity index (χ2v) is 10.6. The van der Waals surface area contributed by atoms with Gasteiger partial charge in [-0.25, -0.2) is 17.2 Å². The fourth-order valence-corrected chi connectivity index (χ4v) is 6.07. The van der Waals surface area contributed by atoms with Crippen LogP contribution in [0.1, 0.15) is 22.3 Å². The Labute approximate surface area is 189 Å². The van der Waals surface area contributed by atoms with Gasteiger partial charge in [-0.2, -0.15) is 0 Å². The molecule has 1 heterocycles. The molecule has 0 fully saturated rings. The Hall–Kier alpha value is -2.97. The summed E-state index contributed by atoms with van der Waals surface area (Å²) in [6.07, 6.45) is 1.32. The van der Waals surface area contributed by atoms with E-state index in [1.807, 2.05) is 32.0 Å². The van der Waals surface area contributed by atoms with Gasteiger partial charge in [0.15, 0.2) is 9.84 Å².